The zero-order valence-corrected chi connectivity index (χ0v) is 18.9. The largest absolute Gasteiger partial charge is 0.352 e. The topological polar surface area (TPSA) is 66.5 Å². The van der Waals surface area contributed by atoms with Crippen LogP contribution < -0.4 is 5.32 Å². The lowest BCUT2D eigenvalue weighted by Crippen LogP contribution is -2.56. The van der Waals surface area contributed by atoms with Crippen LogP contribution in [0.25, 0.3) is 0 Å². The Bertz CT molecular complexity index is 716. The van der Waals surface area contributed by atoms with E-state index in [0.717, 1.165) is 17.8 Å². The van der Waals surface area contributed by atoms with E-state index in [4.69, 9.17) is 0 Å². The predicted molar refractivity (Wildman–Crippen MR) is 115 cm³/mol. The molecule has 1 saturated heterocycles. The minimum Gasteiger partial charge on any atom is -0.352 e. The molecule has 29 heavy (non-hydrogen) atoms. The number of nitrogens with zero attached hydrogens (tertiary/aromatic N) is 1. The Morgan fingerprint density at radius 3 is 2.24 bits per heavy atom. The number of nitrogens with one attached hydrogen (secondary N) is 1. The van der Waals surface area contributed by atoms with Gasteiger partial charge >= 0.3 is 0 Å². The molecule has 0 unspecified atom stereocenters. The zero-order chi connectivity index (χ0) is 21.0. The van der Waals surface area contributed by atoms with Gasteiger partial charge in [0, 0.05) is 17.5 Å². The monoisotopic (exact) mass is 418 g/mol. The lowest BCUT2D eigenvalue weighted by Gasteiger charge is -2.59. The van der Waals surface area contributed by atoms with Crippen molar-refractivity contribution in [2.24, 2.45) is 28.6 Å². The molecule has 5 aliphatic rings. The van der Waals surface area contributed by atoms with Gasteiger partial charge in [-0.1, -0.05) is 32.5 Å². The van der Waals surface area contributed by atoms with Gasteiger partial charge in [-0.05, 0) is 68.6 Å². The third-order valence-electron chi connectivity index (χ3n) is 7.59. The summed E-state index contributed by atoms with van der Waals surface area (Å²) in [5.41, 5.74) is -0.255. The van der Waals surface area contributed by atoms with E-state index in [2.05, 4.69) is 12.2 Å². The average Bonchev–Trinajstić information content (AvgIpc) is 2.93. The van der Waals surface area contributed by atoms with Crippen molar-refractivity contribution in [3.8, 4) is 0 Å². The summed E-state index contributed by atoms with van der Waals surface area (Å²) in [5.74, 6) is 2.59. The fourth-order valence-electron chi connectivity index (χ4n) is 6.32. The second-order valence-corrected chi connectivity index (χ2v) is 11.9. The van der Waals surface area contributed by atoms with E-state index in [-0.39, 0.29) is 35.6 Å². The van der Waals surface area contributed by atoms with Gasteiger partial charge in [0.1, 0.15) is 6.54 Å². The van der Waals surface area contributed by atoms with Crippen LogP contribution in [0.15, 0.2) is 11.1 Å². The van der Waals surface area contributed by atoms with Gasteiger partial charge in [-0.2, -0.15) is 0 Å². The van der Waals surface area contributed by atoms with E-state index in [9.17, 15) is 14.4 Å². The summed E-state index contributed by atoms with van der Waals surface area (Å²) in [6, 6.07) is 0.136. The number of allylic oxidation sites excluding steroid dienone is 1. The van der Waals surface area contributed by atoms with Crippen molar-refractivity contribution in [1.82, 2.24) is 10.2 Å². The molecule has 4 aliphatic carbocycles. The molecule has 1 aliphatic heterocycles. The van der Waals surface area contributed by atoms with Crippen LogP contribution in [0.4, 0.5) is 0 Å². The summed E-state index contributed by atoms with van der Waals surface area (Å²) in [6.45, 7) is 7.74. The second kappa shape index (κ2) is 7.44. The average molecular weight is 419 g/mol. The van der Waals surface area contributed by atoms with E-state index < -0.39 is 5.41 Å². The first-order valence-electron chi connectivity index (χ1n) is 11.0. The number of hydrogen-bond donors (Lipinski definition) is 1. The van der Waals surface area contributed by atoms with Crippen LogP contribution in [0.5, 0.6) is 0 Å². The number of ketones is 1. The Balaban J connectivity index is 1.40. The standard InChI is InChI=1S/C23H34N2O3S/c1-14(23-9-15-5-16(10-23)7-17(6-15)11-23)24-19(27)12-25-20(28)13-29-21(25)8-18(26)22(2,3)4/h8,14-17H,5-7,9-13H2,1-4H3,(H,24,27)/b21-8-/t14-,15?,16?,17?,23?/m0/s1. The second-order valence-electron chi connectivity index (χ2n) is 10.9. The molecule has 1 atom stereocenters. The predicted octanol–water partition coefficient (Wildman–Crippen LogP) is 3.74. The van der Waals surface area contributed by atoms with Crippen LogP contribution in [0.2, 0.25) is 0 Å². The van der Waals surface area contributed by atoms with E-state index in [0.29, 0.717) is 10.8 Å². The van der Waals surface area contributed by atoms with Gasteiger partial charge in [-0.25, -0.2) is 0 Å². The Morgan fingerprint density at radius 2 is 1.72 bits per heavy atom. The highest BCUT2D eigenvalue weighted by atomic mass is 32.2. The molecule has 0 aromatic carbocycles. The van der Waals surface area contributed by atoms with Gasteiger partial charge < -0.3 is 5.32 Å². The van der Waals surface area contributed by atoms with Gasteiger partial charge in [0.05, 0.1) is 10.8 Å². The smallest absolute Gasteiger partial charge is 0.240 e. The molecule has 0 spiro atoms. The summed E-state index contributed by atoms with van der Waals surface area (Å²) in [6.07, 6.45) is 9.41. The number of amides is 2. The fourth-order valence-corrected chi connectivity index (χ4v) is 7.26. The molecular formula is C23H34N2O3S. The van der Waals surface area contributed by atoms with Crippen LogP contribution in [0.3, 0.4) is 0 Å². The van der Waals surface area contributed by atoms with E-state index in [1.54, 1.807) is 0 Å². The van der Waals surface area contributed by atoms with Crippen molar-refractivity contribution in [2.45, 2.75) is 72.3 Å². The highest BCUT2D eigenvalue weighted by Gasteiger charge is 2.53. The van der Waals surface area contributed by atoms with Crippen LogP contribution in [-0.4, -0.2) is 40.8 Å². The number of thioether (sulfide) groups is 1. The van der Waals surface area contributed by atoms with Crippen LogP contribution in [0.1, 0.15) is 66.2 Å². The molecular weight excluding hydrogens is 384 g/mol. The number of carbonyl (C=O) groups excluding carboxylic acids is 3. The highest BCUT2D eigenvalue weighted by molar-refractivity contribution is 8.04. The Hall–Kier alpha value is -1.30. The van der Waals surface area contributed by atoms with E-state index in [1.165, 1.54) is 61.3 Å². The molecule has 0 radical (unpaired) electrons. The van der Waals surface area contributed by atoms with Crippen molar-refractivity contribution >= 4 is 29.4 Å². The van der Waals surface area contributed by atoms with Crippen LogP contribution in [-0.2, 0) is 14.4 Å². The molecule has 0 aromatic rings. The summed E-state index contributed by atoms with van der Waals surface area (Å²) in [7, 11) is 0. The van der Waals surface area contributed by atoms with Crippen molar-refractivity contribution in [3.05, 3.63) is 11.1 Å². The van der Waals surface area contributed by atoms with E-state index in [1.807, 2.05) is 20.8 Å². The first kappa shape index (κ1) is 21.0. The van der Waals surface area contributed by atoms with Crippen LogP contribution >= 0.6 is 11.8 Å². The number of rotatable bonds is 5. The number of carbonyl (C=O) groups is 3. The normalized spacial score (nSPS) is 36.0. The van der Waals surface area contributed by atoms with Crippen molar-refractivity contribution < 1.29 is 14.4 Å². The molecule has 5 nitrogen and oxygen atoms in total. The molecule has 1 N–H and O–H groups in total. The quantitative estimate of drug-likeness (QED) is 0.691. The molecule has 5 rings (SSSR count). The minimum absolute atomic E-state index is 0.00575. The molecule has 2 amide bonds. The molecule has 4 saturated carbocycles. The lowest BCUT2D eigenvalue weighted by molar-refractivity contribution is -0.133. The van der Waals surface area contributed by atoms with Gasteiger partial charge in [-0.3, -0.25) is 19.3 Å². The highest BCUT2D eigenvalue weighted by Crippen LogP contribution is 2.61. The third kappa shape index (κ3) is 4.14. The van der Waals surface area contributed by atoms with Gasteiger partial charge in [-0.15, -0.1) is 0 Å². The van der Waals surface area contributed by atoms with Crippen LogP contribution in [0, 0.1) is 28.6 Å². The molecule has 4 bridgehead atoms. The Morgan fingerprint density at radius 1 is 1.17 bits per heavy atom. The molecule has 160 valence electrons. The summed E-state index contributed by atoms with van der Waals surface area (Å²) in [5, 5.41) is 3.84. The maximum atomic E-state index is 12.8. The lowest BCUT2D eigenvalue weighted by atomic mass is 9.48. The summed E-state index contributed by atoms with van der Waals surface area (Å²) < 4.78 is 0. The number of hydrogen-bond acceptors (Lipinski definition) is 4. The first-order chi connectivity index (χ1) is 13.6. The van der Waals surface area contributed by atoms with Gasteiger partial charge in [0.25, 0.3) is 0 Å². The SMILES string of the molecule is C[C@H](NC(=O)CN1C(=O)CS/C1=C\C(=O)C(C)(C)C)C12CC3CC(CC(C3)C1)C2. The first-order valence-corrected chi connectivity index (χ1v) is 12.0. The fraction of sp³-hybridized carbons (Fsp3) is 0.783. The molecule has 6 heteroatoms. The van der Waals surface area contributed by atoms with Gasteiger partial charge in [0.2, 0.25) is 11.8 Å². The Kier molecular flexibility index (Phi) is 5.37. The van der Waals surface area contributed by atoms with Crippen molar-refractivity contribution in [1.29, 1.82) is 0 Å². The zero-order valence-electron chi connectivity index (χ0n) is 18.1. The van der Waals surface area contributed by atoms with Gasteiger partial charge in [0.15, 0.2) is 5.78 Å². The maximum absolute atomic E-state index is 12.8. The van der Waals surface area contributed by atoms with Crippen molar-refractivity contribution in [3.63, 3.8) is 0 Å². The Labute approximate surface area is 178 Å². The van der Waals surface area contributed by atoms with Crippen molar-refractivity contribution in [2.75, 3.05) is 12.3 Å². The molecule has 5 fully saturated rings. The maximum Gasteiger partial charge on any atom is 0.240 e. The summed E-state index contributed by atoms with van der Waals surface area (Å²) >= 11 is 1.35. The molecule has 1 heterocycles. The minimum atomic E-state index is -0.500. The summed E-state index contributed by atoms with van der Waals surface area (Å²) in [4.78, 5) is 39.0. The third-order valence-corrected chi connectivity index (χ3v) is 8.61. The van der Waals surface area contributed by atoms with E-state index >= 15 is 0 Å². The molecule has 0 aromatic heterocycles.